The van der Waals surface area contributed by atoms with Crippen molar-refractivity contribution in [2.75, 3.05) is 23.7 Å². The second kappa shape index (κ2) is 25.0. The van der Waals surface area contributed by atoms with Crippen LogP contribution in [0.15, 0.2) is 97.1 Å². The van der Waals surface area contributed by atoms with Gasteiger partial charge in [-0.15, -0.1) is 5.10 Å². The highest BCUT2D eigenvalue weighted by molar-refractivity contribution is 6.31. The SMILES string of the molecule is C[C@@H](OCc1cc(F)cc(-c2cc(NC(=O)[C@@H]3CNC(=O)C3)nn2-c2ccc(Cl)cc2)c1)C(F)(F)F.C[C@@H](OCc1cc(F)cc(/C(=C/C(=N)N)Nc2ccc(Cl)cc2)c1)C(F)(F)F.O=C1C[C@H](C(=O)O)CN1. The Bertz CT molecular complexity index is 2810. The van der Waals surface area contributed by atoms with Gasteiger partial charge in [-0.05, 0) is 110 Å². The van der Waals surface area contributed by atoms with E-state index in [4.69, 9.17) is 48.9 Å². The first-order valence-electron chi connectivity index (χ1n) is 21.7. The van der Waals surface area contributed by atoms with Crippen molar-refractivity contribution in [2.45, 2.75) is 64.5 Å². The highest BCUT2D eigenvalue weighted by Crippen LogP contribution is 2.31. The number of ether oxygens (including phenoxy) is 2. The van der Waals surface area contributed by atoms with E-state index in [1.54, 1.807) is 48.5 Å². The fourth-order valence-electron chi connectivity index (χ4n) is 6.66. The second-order valence-electron chi connectivity index (χ2n) is 16.4. The fourth-order valence-corrected chi connectivity index (χ4v) is 6.92. The predicted molar refractivity (Wildman–Crippen MR) is 254 cm³/mol. The first-order valence-corrected chi connectivity index (χ1v) is 22.5. The molecule has 2 saturated heterocycles. The summed E-state index contributed by atoms with van der Waals surface area (Å²) in [6.45, 7) is 1.35. The van der Waals surface area contributed by atoms with Crippen molar-refractivity contribution in [3.05, 3.63) is 135 Å². The first kappa shape index (κ1) is 56.8. The minimum Gasteiger partial charge on any atom is -0.481 e. The van der Waals surface area contributed by atoms with Gasteiger partial charge in [-0.25, -0.2) is 13.5 Å². The average Bonchev–Trinajstić information content (AvgIpc) is 4.07. The van der Waals surface area contributed by atoms with Crippen LogP contribution in [0.25, 0.3) is 22.6 Å². The lowest BCUT2D eigenvalue weighted by Crippen LogP contribution is -2.28. The molecule has 15 nitrogen and oxygen atoms in total. The van der Waals surface area contributed by atoms with Crippen molar-refractivity contribution >= 4 is 69.9 Å². The summed E-state index contributed by atoms with van der Waals surface area (Å²) in [6, 6.07) is 22.2. The van der Waals surface area contributed by atoms with Gasteiger partial charge in [0.2, 0.25) is 17.7 Å². The third-order valence-electron chi connectivity index (χ3n) is 10.6. The monoisotopic (exact) mass is 1070 g/mol. The molecule has 0 saturated carbocycles. The maximum Gasteiger partial charge on any atom is 0.414 e. The molecule has 0 bridgehead atoms. The zero-order valence-electron chi connectivity index (χ0n) is 38.4. The van der Waals surface area contributed by atoms with Gasteiger partial charge in [-0.1, -0.05) is 23.2 Å². The molecular weight excluding hydrogens is 1020 g/mol. The Morgan fingerprint density at radius 1 is 0.795 bits per heavy atom. The van der Waals surface area contributed by atoms with Crippen LogP contribution in [0.5, 0.6) is 0 Å². The summed E-state index contributed by atoms with van der Waals surface area (Å²) >= 11 is 11.8. The Morgan fingerprint density at radius 2 is 1.30 bits per heavy atom. The van der Waals surface area contributed by atoms with E-state index in [9.17, 15) is 54.3 Å². The van der Waals surface area contributed by atoms with Crippen LogP contribution in [-0.4, -0.2) is 82.1 Å². The van der Waals surface area contributed by atoms with Gasteiger partial charge in [0.15, 0.2) is 18.0 Å². The molecule has 2 aliphatic heterocycles. The molecule has 0 aliphatic carbocycles. The van der Waals surface area contributed by atoms with Gasteiger partial charge in [-0.2, -0.15) is 26.3 Å². The lowest BCUT2D eigenvalue weighted by atomic mass is 10.1. The van der Waals surface area contributed by atoms with Crippen LogP contribution in [-0.2, 0) is 41.9 Å². The first-order chi connectivity index (χ1) is 34.2. The Balaban J connectivity index is 0.000000236. The molecule has 25 heteroatoms. The van der Waals surface area contributed by atoms with Crippen molar-refractivity contribution in [3.63, 3.8) is 0 Å². The molecule has 8 N–H and O–H groups in total. The van der Waals surface area contributed by atoms with E-state index in [1.807, 2.05) is 0 Å². The molecule has 4 atom stereocenters. The number of carbonyl (C=O) groups is 4. The number of carboxylic acid groups (broad SMARTS) is 1. The van der Waals surface area contributed by atoms with Crippen LogP contribution in [0, 0.1) is 28.9 Å². The number of alkyl halides is 6. The van der Waals surface area contributed by atoms with E-state index in [0.717, 1.165) is 26.0 Å². The third kappa shape index (κ3) is 17.6. The summed E-state index contributed by atoms with van der Waals surface area (Å²) in [5.74, 6) is -4.24. The molecule has 73 heavy (non-hydrogen) atoms. The second-order valence-corrected chi connectivity index (χ2v) is 17.2. The standard InChI is InChI=1S/C24H21ClF4N4O3.C19H18ClF4N3O.C5H7NO3/c1-13(24(27,28)29)36-12-14-6-15(8-18(26)7-14)20-10-21(31-23(35)16-9-22(34)30-11-16)32-33(20)19-4-2-17(25)3-5-19;1-11(19(22,23)24)28-10-12-6-13(8-15(21)7-12)17(9-18(25)26)27-16-4-2-14(20)3-5-16;7-4-1-3(2-6-4)5(8)9/h2-8,10,13,16H,9,11-12H2,1H3,(H,30,34)(H,31,32,35);2-9,11,27H,10H2,1H3,(H3,25,26);3H,1-2H2,(H,6,7)(H,8,9)/b;17-9-;/t13-,16+;11-;3-/m110/s1. The summed E-state index contributed by atoms with van der Waals surface area (Å²) in [5.41, 5.74) is 8.21. The molecule has 0 spiro atoms. The molecule has 0 radical (unpaired) electrons. The van der Waals surface area contributed by atoms with Crippen molar-refractivity contribution in [2.24, 2.45) is 17.6 Å². The van der Waals surface area contributed by atoms with E-state index >= 15 is 0 Å². The number of hydrogen-bond acceptors (Lipinski definition) is 9. The van der Waals surface area contributed by atoms with E-state index in [1.165, 1.54) is 41.1 Å². The summed E-state index contributed by atoms with van der Waals surface area (Å²) < 4.78 is 116. The maximum absolute atomic E-state index is 14.5. The zero-order chi connectivity index (χ0) is 53.8. The van der Waals surface area contributed by atoms with Crippen molar-refractivity contribution < 1.29 is 68.9 Å². The average molecular weight is 1070 g/mol. The van der Waals surface area contributed by atoms with E-state index in [0.29, 0.717) is 43.9 Å². The van der Waals surface area contributed by atoms with Gasteiger partial charge < -0.3 is 41.6 Å². The molecule has 3 heterocycles. The molecule has 1 aromatic heterocycles. The summed E-state index contributed by atoms with van der Waals surface area (Å²) in [4.78, 5) is 44.6. The van der Waals surface area contributed by atoms with Crippen LogP contribution in [0.2, 0.25) is 10.0 Å². The lowest BCUT2D eigenvalue weighted by molar-refractivity contribution is -0.217. The van der Waals surface area contributed by atoms with E-state index < -0.39 is 73.1 Å². The number of anilines is 2. The molecule has 2 aliphatic rings. The summed E-state index contributed by atoms with van der Waals surface area (Å²) in [6.07, 6.45) is -11.6. The number of aliphatic carboxylic acids is 1. The number of carboxylic acids is 1. The molecule has 0 unspecified atom stereocenters. The van der Waals surface area contributed by atoms with Crippen molar-refractivity contribution in [1.29, 1.82) is 5.41 Å². The molecular formula is C48H46Cl2F8N8O7. The lowest BCUT2D eigenvalue weighted by Gasteiger charge is -2.17. The molecule has 2 fully saturated rings. The number of benzene rings is 4. The number of hydrogen-bond donors (Lipinski definition) is 7. The van der Waals surface area contributed by atoms with E-state index in [2.05, 4.69) is 26.4 Å². The maximum atomic E-state index is 14.5. The van der Waals surface area contributed by atoms with Crippen molar-refractivity contribution in [1.82, 2.24) is 20.4 Å². The van der Waals surface area contributed by atoms with Crippen LogP contribution in [0.4, 0.5) is 46.6 Å². The van der Waals surface area contributed by atoms with Crippen LogP contribution >= 0.6 is 23.2 Å². The quantitative estimate of drug-likeness (QED) is 0.0299. The Labute approximate surface area is 421 Å². The van der Waals surface area contributed by atoms with Gasteiger partial charge in [0.1, 0.15) is 17.5 Å². The van der Waals surface area contributed by atoms with Crippen LogP contribution < -0.4 is 27.0 Å². The number of nitrogens with two attached hydrogens (primary N) is 1. The van der Waals surface area contributed by atoms with Gasteiger partial charge in [0, 0.05) is 70.6 Å². The number of halogens is 10. The van der Waals surface area contributed by atoms with Gasteiger partial charge in [0.05, 0.1) is 36.4 Å². The number of amides is 3. The smallest absolute Gasteiger partial charge is 0.414 e. The minimum absolute atomic E-state index is 0.0557. The molecule has 390 valence electrons. The number of rotatable bonds is 15. The fraction of sp³-hybridized carbons (Fsp3) is 0.292. The van der Waals surface area contributed by atoms with Gasteiger partial charge >= 0.3 is 18.3 Å². The molecule has 3 amide bonds. The molecule has 4 aromatic carbocycles. The van der Waals surface area contributed by atoms with Crippen molar-refractivity contribution in [3.8, 4) is 16.9 Å². The van der Waals surface area contributed by atoms with Gasteiger partial charge in [0.25, 0.3) is 0 Å². The largest absolute Gasteiger partial charge is 0.481 e. The normalized spacial score (nSPS) is 16.5. The number of aromatic nitrogens is 2. The predicted octanol–water partition coefficient (Wildman–Crippen LogP) is 9.42. The number of nitrogens with zero attached hydrogens (tertiary/aromatic N) is 2. The molecule has 7 rings (SSSR count). The number of carbonyl (C=O) groups excluding carboxylic acids is 3. The van der Waals surface area contributed by atoms with Crippen LogP contribution in [0.3, 0.4) is 0 Å². The third-order valence-corrected chi connectivity index (χ3v) is 11.1. The Morgan fingerprint density at radius 3 is 1.78 bits per heavy atom. The number of amidine groups is 1. The Kier molecular flexibility index (Phi) is 19.5. The molecule has 5 aromatic rings. The topological polar surface area (TPSA) is 223 Å². The minimum atomic E-state index is -4.55. The van der Waals surface area contributed by atoms with Crippen LogP contribution in [0.1, 0.15) is 43.4 Å². The number of nitrogens with one attached hydrogen (secondary N) is 5. The summed E-state index contributed by atoms with van der Waals surface area (Å²) in [5, 5.41) is 31.9. The highest BCUT2D eigenvalue weighted by Gasteiger charge is 2.38. The van der Waals surface area contributed by atoms with E-state index in [-0.39, 0.29) is 60.5 Å². The summed E-state index contributed by atoms with van der Waals surface area (Å²) in [7, 11) is 0. The zero-order valence-corrected chi connectivity index (χ0v) is 39.9. The van der Waals surface area contributed by atoms with Gasteiger partial charge in [-0.3, -0.25) is 24.6 Å². The Hall–Kier alpha value is -7.08. The highest BCUT2D eigenvalue weighted by atomic mass is 35.5.